The zero-order chi connectivity index (χ0) is 19.4. The molecule has 0 spiro atoms. The third kappa shape index (κ3) is 4.43. The first-order valence-corrected chi connectivity index (χ1v) is 8.35. The van der Waals surface area contributed by atoms with Crippen LogP contribution in [-0.4, -0.2) is 50.8 Å². The van der Waals surface area contributed by atoms with Crippen molar-refractivity contribution in [3.63, 3.8) is 0 Å². The minimum Gasteiger partial charge on any atom is -0.476 e. The summed E-state index contributed by atoms with van der Waals surface area (Å²) in [5.74, 6) is -2.49. The van der Waals surface area contributed by atoms with Gasteiger partial charge in [-0.15, -0.1) is 0 Å². The normalized spacial score (nSPS) is 14.6. The highest BCUT2D eigenvalue weighted by atomic mass is 19.1. The van der Waals surface area contributed by atoms with Crippen LogP contribution >= 0.6 is 0 Å². The number of aromatic carboxylic acids is 1. The molecule has 3 rings (SSSR count). The number of rotatable bonds is 4. The Balaban J connectivity index is 1.55. The third-order valence-corrected chi connectivity index (χ3v) is 4.34. The Morgan fingerprint density at radius 1 is 1.11 bits per heavy atom. The van der Waals surface area contributed by atoms with Gasteiger partial charge in [0, 0.05) is 24.7 Å². The third-order valence-electron chi connectivity index (χ3n) is 4.34. The molecule has 1 aromatic heterocycles. The van der Waals surface area contributed by atoms with Crippen molar-refractivity contribution in [3.8, 4) is 0 Å². The summed E-state index contributed by atoms with van der Waals surface area (Å²) < 4.78 is 13.2. The van der Waals surface area contributed by atoms with E-state index < -0.39 is 11.8 Å². The number of carboxylic acid groups (broad SMARTS) is 1. The zero-order valence-electron chi connectivity index (χ0n) is 14.3. The van der Waals surface area contributed by atoms with E-state index in [0.717, 1.165) is 12.4 Å². The summed E-state index contributed by atoms with van der Waals surface area (Å²) in [4.78, 5) is 44.6. The fourth-order valence-electron chi connectivity index (χ4n) is 2.87. The lowest BCUT2D eigenvalue weighted by Crippen LogP contribution is -2.41. The van der Waals surface area contributed by atoms with Crippen molar-refractivity contribution in [3.05, 3.63) is 53.9 Å². The van der Waals surface area contributed by atoms with Crippen molar-refractivity contribution in [2.45, 2.75) is 12.8 Å². The summed E-state index contributed by atoms with van der Waals surface area (Å²) in [6, 6.07) is 5.67. The Kier molecular flexibility index (Phi) is 5.39. The van der Waals surface area contributed by atoms with Crippen molar-refractivity contribution in [2.75, 3.05) is 18.4 Å². The SMILES string of the molecule is O=C(O)c1cnc(C(=O)N2CCC(C(=O)Nc3cccc(F)c3)CC2)cn1. The molecule has 2 amide bonds. The molecule has 8 nitrogen and oxygen atoms in total. The van der Waals surface area contributed by atoms with Crippen LogP contribution in [0.1, 0.15) is 33.8 Å². The zero-order valence-corrected chi connectivity index (χ0v) is 14.3. The topological polar surface area (TPSA) is 112 Å². The second-order valence-electron chi connectivity index (χ2n) is 6.16. The predicted molar refractivity (Wildman–Crippen MR) is 92.6 cm³/mol. The van der Waals surface area contributed by atoms with Crippen LogP contribution in [0.15, 0.2) is 36.7 Å². The lowest BCUT2D eigenvalue weighted by atomic mass is 9.95. The van der Waals surface area contributed by atoms with E-state index in [1.54, 1.807) is 11.0 Å². The van der Waals surface area contributed by atoms with Crippen molar-refractivity contribution in [2.24, 2.45) is 5.92 Å². The van der Waals surface area contributed by atoms with Crippen LogP contribution in [0.3, 0.4) is 0 Å². The van der Waals surface area contributed by atoms with Crippen LogP contribution in [0, 0.1) is 11.7 Å². The van der Waals surface area contributed by atoms with Crippen LogP contribution in [0.4, 0.5) is 10.1 Å². The number of anilines is 1. The second-order valence-corrected chi connectivity index (χ2v) is 6.16. The number of carboxylic acids is 1. The quantitative estimate of drug-likeness (QED) is 0.846. The highest BCUT2D eigenvalue weighted by Gasteiger charge is 2.28. The molecular weight excluding hydrogens is 355 g/mol. The number of likely N-dealkylation sites (tertiary alicyclic amines) is 1. The Morgan fingerprint density at radius 2 is 1.78 bits per heavy atom. The first kappa shape index (κ1) is 18.4. The maximum Gasteiger partial charge on any atom is 0.356 e. The van der Waals surface area contributed by atoms with Gasteiger partial charge in [-0.25, -0.2) is 19.2 Å². The lowest BCUT2D eigenvalue weighted by molar-refractivity contribution is -0.121. The van der Waals surface area contributed by atoms with E-state index in [1.807, 2.05) is 0 Å². The van der Waals surface area contributed by atoms with Gasteiger partial charge in [0.25, 0.3) is 5.91 Å². The van der Waals surface area contributed by atoms with Crippen LogP contribution in [0.2, 0.25) is 0 Å². The van der Waals surface area contributed by atoms with Crippen LogP contribution in [0.25, 0.3) is 0 Å². The van der Waals surface area contributed by atoms with Gasteiger partial charge in [-0.2, -0.15) is 0 Å². The smallest absolute Gasteiger partial charge is 0.356 e. The van der Waals surface area contributed by atoms with Gasteiger partial charge in [-0.05, 0) is 31.0 Å². The first-order valence-electron chi connectivity index (χ1n) is 8.35. The average molecular weight is 372 g/mol. The van der Waals surface area contributed by atoms with E-state index in [9.17, 15) is 18.8 Å². The standard InChI is InChI=1S/C18H17FN4O4/c19-12-2-1-3-13(8-12)22-16(24)11-4-6-23(7-5-11)17(25)14-9-21-15(10-20-14)18(26)27/h1-3,8-11H,4-7H2,(H,22,24)(H,26,27). The molecule has 1 aromatic carbocycles. The fraction of sp³-hybridized carbons (Fsp3) is 0.278. The van der Waals surface area contributed by atoms with E-state index in [2.05, 4.69) is 15.3 Å². The molecule has 27 heavy (non-hydrogen) atoms. The molecule has 0 atom stereocenters. The number of aromatic nitrogens is 2. The highest BCUT2D eigenvalue weighted by molar-refractivity contribution is 5.94. The average Bonchev–Trinajstić information content (AvgIpc) is 2.67. The molecule has 0 radical (unpaired) electrons. The molecule has 1 saturated heterocycles. The molecule has 1 aliphatic heterocycles. The Bertz CT molecular complexity index is 864. The summed E-state index contributed by atoms with van der Waals surface area (Å²) in [6.07, 6.45) is 3.10. The number of carbonyl (C=O) groups excluding carboxylic acids is 2. The minimum atomic E-state index is -1.22. The van der Waals surface area contributed by atoms with Gasteiger partial charge >= 0.3 is 5.97 Å². The van der Waals surface area contributed by atoms with E-state index in [0.29, 0.717) is 31.6 Å². The van der Waals surface area contributed by atoms with E-state index in [-0.39, 0.29) is 29.1 Å². The van der Waals surface area contributed by atoms with E-state index in [1.165, 1.54) is 18.2 Å². The molecule has 0 unspecified atom stereocenters. The summed E-state index contributed by atoms with van der Waals surface area (Å²) in [7, 11) is 0. The molecule has 2 N–H and O–H groups in total. The van der Waals surface area contributed by atoms with Gasteiger partial charge in [-0.3, -0.25) is 9.59 Å². The summed E-state index contributed by atoms with van der Waals surface area (Å²) in [5, 5.41) is 11.5. The number of hydrogen-bond acceptors (Lipinski definition) is 5. The highest BCUT2D eigenvalue weighted by Crippen LogP contribution is 2.21. The van der Waals surface area contributed by atoms with Gasteiger partial charge in [0.1, 0.15) is 11.5 Å². The number of benzene rings is 1. The van der Waals surface area contributed by atoms with Crippen molar-refractivity contribution >= 4 is 23.5 Å². The van der Waals surface area contributed by atoms with E-state index in [4.69, 9.17) is 5.11 Å². The maximum atomic E-state index is 13.2. The molecule has 0 saturated carbocycles. The molecule has 9 heteroatoms. The van der Waals surface area contributed by atoms with Crippen LogP contribution in [-0.2, 0) is 4.79 Å². The molecule has 0 bridgehead atoms. The lowest BCUT2D eigenvalue weighted by Gasteiger charge is -2.31. The molecular formula is C18H17FN4O4. The molecule has 140 valence electrons. The summed E-state index contributed by atoms with van der Waals surface area (Å²) in [6.45, 7) is 0.727. The molecule has 2 heterocycles. The molecule has 2 aromatic rings. The number of halogens is 1. The van der Waals surface area contributed by atoms with Gasteiger partial charge in [-0.1, -0.05) is 6.07 Å². The number of piperidine rings is 1. The van der Waals surface area contributed by atoms with Gasteiger partial charge < -0.3 is 15.3 Å². The number of carbonyl (C=O) groups is 3. The fourth-order valence-corrected chi connectivity index (χ4v) is 2.87. The summed E-state index contributed by atoms with van der Waals surface area (Å²) in [5.41, 5.74) is 0.217. The number of hydrogen-bond donors (Lipinski definition) is 2. The molecule has 1 aliphatic rings. The number of nitrogens with one attached hydrogen (secondary N) is 1. The Labute approximate surface area is 154 Å². The van der Waals surface area contributed by atoms with Gasteiger partial charge in [0.15, 0.2) is 5.69 Å². The van der Waals surface area contributed by atoms with Crippen molar-refractivity contribution < 1.29 is 23.9 Å². The van der Waals surface area contributed by atoms with Crippen LogP contribution < -0.4 is 5.32 Å². The Morgan fingerprint density at radius 3 is 2.37 bits per heavy atom. The predicted octanol–water partition coefficient (Wildman–Crippen LogP) is 1.80. The van der Waals surface area contributed by atoms with Gasteiger partial charge in [0.2, 0.25) is 5.91 Å². The first-order chi connectivity index (χ1) is 12.9. The van der Waals surface area contributed by atoms with E-state index >= 15 is 0 Å². The maximum absolute atomic E-state index is 13.2. The largest absolute Gasteiger partial charge is 0.476 e. The molecule has 1 fully saturated rings. The molecule has 0 aliphatic carbocycles. The monoisotopic (exact) mass is 372 g/mol. The van der Waals surface area contributed by atoms with Crippen LogP contribution in [0.5, 0.6) is 0 Å². The summed E-state index contributed by atoms with van der Waals surface area (Å²) >= 11 is 0. The number of amides is 2. The Hall–Kier alpha value is -3.36. The van der Waals surface area contributed by atoms with Gasteiger partial charge in [0.05, 0.1) is 12.4 Å². The second kappa shape index (κ2) is 7.90. The van der Waals surface area contributed by atoms with Crippen molar-refractivity contribution in [1.29, 1.82) is 0 Å². The number of nitrogens with zero attached hydrogens (tertiary/aromatic N) is 3. The van der Waals surface area contributed by atoms with Crippen molar-refractivity contribution in [1.82, 2.24) is 14.9 Å². The minimum absolute atomic E-state index is 0.0580.